The zero-order valence-electron chi connectivity index (χ0n) is 21.8. The van der Waals surface area contributed by atoms with E-state index in [1.165, 1.54) is 72.9 Å². The Morgan fingerprint density at radius 1 is 0.860 bits per heavy atom. The van der Waals surface area contributed by atoms with Crippen molar-refractivity contribution in [2.45, 2.75) is 6.18 Å². The van der Waals surface area contributed by atoms with Crippen LogP contribution in [0.2, 0.25) is 5.02 Å². The summed E-state index contributed by atoms with van der Waals surface area (Å²) in [4.78, 5) is 40.6. The van der Waals surface area contributed by atoms with Crippen molar-refractivity contribution in [1.82, 2.24) is 15.8 Å². The van der Waals surface area contributed by atoms with Gasteiger partial charge in [-0.2, -0.15) is 13.2 Å². The molecule has 0 fully saturated rings. The first-order chi connectivity index (χ1) is 20.5. The number of benzene rings is 3. The van der Waals surface area contributed by atoms with E-state index in [0.29, 0.717) is 17.0 Å². The number of carbonyl (C=O) groups excluding carboxylic acids is 3. The number of nitrogens with one attached hydrogen (secondary N) is 4. The van der Waals surface area contributed by atoms with Crippen LogP contribution < -0.4 is 26.2 Å². The van der Waals surface area contributed by atoms with Crippen molar-refractivity contribution in [1.29, 1.82) is 0 Å². The fraction of sp³-hybridized carbons (Fsp3) is 0.0345. The molecule has 4 rings (SSSR count). The Hall–Kier alpha value is -5.56. The summed E-state index contributed by atoms with van der Waals surface area (Å²) in [6.45, 7) is 0. The average molecular weight is 612 g/mol. The second-order valence-corrected chi connectivity index (χ2v) is 9.05. The molecule has 1 aromatic heterocycles. The summed E-state index contributed by atoms with van der Waals surface area (Å²) in [6, 6.07) is 17.3. The van der Waals surface area contributed by atoms with Gasteiger partial charge in [0.15, 0.2) is 0 Å². The highest BCUT2D eigenvalue weighted by Gasteiger charge is 2.33. The van der Waals surface area contributed by atoms with Crippen molar-refractivity contribution >= 4 is 46.9 Å². The van der Waals surface area contributed by atoms with Gasteiger partial charge in [0.2, 0.25) is 0 Å². The van der Waals surface area contributed by atoms with Crippen LogP contribution in [0.1, 0.15) is 21.6 Å². The third kappa shape index (κ3) is 8.96. The molecule has 0 radical (unpaired) electrons. The van der Waals surface area contributed by atoms with Crippen LogP contribution in [0.25, 0.3) is 6.08 Å². The maximum Gasteiger partial charge on any atom is 0.417 e. The smallest absolute Gasteiger partial charge is 0.417 e. The molecule has 1 heterocycles. The van der Waals surface area contributed by atoms with E-state index in [4.69, 9.17) is 16.3 Å². The van der Waals surface area contributed by atoms with Gasteiger partial charge in [0.05, 0.1) is 10.6 Å². The molecule has 0 aliphatic rings. The number of phenolic OH excluding ortho intramolecular Hbond substituents is 1. The molecule has 220 valence electrons. The van der Waals surface area contributed by atoms with Crippen LogP contribution in [0.5, 0.6) is 17.2 Å². The number of nitrogens with zero attached hydrogens (tertiary/aromatic N) is 1. The summed E-state index contributed by atoms with van der Waals surface area (Å²) in [7, 11) is 0. The number of alkyl halides is 3. The van der Waals surface area contributed by atoms with E-state index in [1.807, 2.05) is 0 Å². The van der Waals surface area contributed by atoms with Gasteiger partial charge in [-0.3, -0.25) is 25.4 Å². The van der Waals surface area contributed by atoms with Gasteiger partial charge < -0.3 is 20.5 Å². The van der Waals surface area contributed by atoms with Crippen molar-refractivity contribution in [2.24, 2.45) is 0 Å². The lowest BCUT2D eigenvalue weighted by Gasteiger charge is -2.12. The number of pyridine rings is 1. The lowest BCUT2D eigenvalue weighted by atomic mass is 10.2. The average Bonchev–Trinajstić information content (AvgIpc) is 2.96. The zero-order valence-corrected chi connectivity index (χ0v) is 22.5. The molecule has 4 aromatic rings. The number of ether oxygens (including phenoxy) is 1. The van der Waals surface area contributed by atoms with Crippen molar-refractivity contribution in [3.05, 3.63) is 113 Å². The van der Waals surface area contributed by atoms with Crippen LogP contribution in [-0.4, -0.2) is 27.9 Å². The van der Waals surface area contributed by atoms with E-state index in [2.05, 4.69) is 26.5 Å². The molecule has 3 aromatic carbocycles. The fourth-order valence-electron chi connectivity index (χ4n) is 3.48. The second kappa shape index (κ2) is 13.4. The third-order valence-electron chi connectivity index (χ3n) is 5.44. The zero-order chi connectivity index (χ0) is 31.0. The SMILES string of the molecule is O=C(/C=C/c1cccc(O)c1)NNC(=O)c1cc(Oc2ccc(NC(=O)Nc3ccc(Cl)c(C(F)(F)F)c3)cc2)ccn1. The number of halogens is 4. The summed E-state index contributed by atoms with van der Waals surface area (Å²) < 4.78 is 44.9. The van der Waals surface area contributed by atoms with Gasteiger partial charge >= 0.3 is 12.2 Å². The molecule has 0 aliphatic carbocycles. The number of amides is 4. The molecule has 0 saturated carbocycles. The van der Waals surface area contributed by atoms with Gasteiger partial charge in [-0.15, -0.1) is 0 Å². The molecule has 10 nitrogen and oxygen atoms in total. The van der Waals surface area contributed by atoms with Crippen LogP contribution in [-0.2, 0) is 11.0 Å². The van der Waals surface area contributed by atoms with Crippen molar-refractivity contribution in [2.75, 3.05) is 10.6 Å². The number of hydrogen-bond acceptors (Lipinski definition) is 6. The van der Waals surface area contributed by atoms with Gasteiger partial charge in [0.25, 0.3) is 11.8 Å². The van der Waals surface area contributed by atoms with E-state index in [1.54, 1.807) is 12.1 Å². The van der Waals surface area contributed by atoms with E-state index in [0.717, 1.165) is 12.1 Å². The quantitative estimate of drug-likeness (QED) is 0.121. The Balaban J connectivity index is 1.29. The van der Waals surface area contributed by atoms with Gasteiger partial charge in [-0.1, -0.05) is 23.7 Å². The number of aromatic hydroxyl groups is 1. The maximum atomic E-state index is 13.0. The predicted molar refractivity (Wildman–Crippen MR) is 153 cm³/mol. The third-order valence-corrected chi connectivity index (χ3v) is 5.77. The Labute approximate surface area is 247 Å². The number of urea groups is 1. The Morgan fingerprint density at radius 3 is 2.30 bits per heavy atom. The summed E-state index contributed by atoms with van der Waals surface area (Å²) in [5.74, 6) is -0.704. The Kier molecular flexibility index (Phi) is 9.47. The first kappa shape index (κ1) is 30.4. The lowest BCUT2D eigenvalue weighted by molar-refractivity contribution is -0.137. The normalized spacial score (nSPS) is 11.1. The first-order valence-corrected chi connectivity index (χ1v) is 12.6. The summed E-state index contributed by atoms with van der Waals surface area (Å²) in [6.07, 6.45) is -0.724. The van der Waals surface area contributed by atoms with Crippen LogP contribution >= 0.6 is 11.6 Å². The van der Waals surface area contributed by atoms with Crippen LogP contribution in [0, 0.1) is 0 Å². The summed E-state index contributed by atoms with van der Waals surface area (Å²) in [5, 5.41) is 13.8. The van der Waals surface area contributed by atoms with E-state index in [-0.39, 0.29) is 22.9 Å². The molecule has 14 heteroatoms. The summed E-state index contributed by atoms with van der Waals surface area (Å²) >= 11 is 5.59. The second-order valence-electron chi connectivity index (χ2n) is 8.65. The monoisotopic (exact) mass is 611 g/mol. The van der Waals surface area contributed by atoms with E-state index in [9.17, 15) is 32.7 Å². The molecular formula is C29H21ClF3N5O5. The van der Waals surface area contributed by atoms with Crippen molar-refractivity contribution in [3.63, 3.8) is 0 Å². The fourth-order valence-corrected chi connectivity index (χ4v) is 3.70. The molecule has 0 unspecified atom stereocenters. The number of carbonyl (C=O) groups is 3. The van der Waals surface area contributed by atoms with Gasteiger partial charge in [0, 0.05) is 29.7 Å². The molecule has 0 saturated heterocycles. The highest BCUT2D eigenvalue weighted by Crippen LogP contribution is 2.36. The molecule has 0 atom stereocenters. The number of phenols is 1. The molecule has 5 N–H and O–H groups in total. The molecule has 4 amide bonds. The van der Waals surface area contributed by atoms with Crippen LogP contribution in [0.15, 0.2) is 91.1 Å². The number of rotatable bonds is 7. The Morgan fingerprint density at radius 2 is 1.58 bits per heavy atom. The minimum Gasteiger partial charge on any atom is -0.508 e. The van der Waals surface area contributed by atoms with Crippen LogP contribution in [0.4, 0.5) is 29.3 Å². The minimum absolute atomic E-state index is 0.0444. The van der Waals surface area contributed by atoms with E-state index >= 15 is 0 Å². The Bertz CT molecular complexity index is 1680. The summed E-state index contributed by atoms with van der Waals surface area (Å²) in [5.41, 5.74) is 4.12. The standard InChI is InChI=1S/C29H21ClF3N5O5/c30-24-10-7-19(15-23(24)29(31,32)33)36-28(42)35-18-5-8-21(9-6-18)43-22-12-13-34-25(16-22)27(41)38-37-26(40)11-4-17-2-1-3-20(39)14-17/h1-16,39H,(H,37,40)(H,38,41)(H2,35,36,42)/b11-4+. The molecule has 43 heavy (non-hydrogen) atoms. The first-order valence-electron chi connectivity index (χ1n) is 12.2. The van der Waals surface area contributed by atoms with Gasteiger partial charge in [-0.05, 0) is 72.3 Å². The maximum absolute atomic E-state index is 13.0. The lowest BCUT2D eigenvalue weighted by Crippen LogP contribution is -2.41. The van der Waals surface area contributed by atoms with E-state index < -0.39 is 34.6 Å². The topological polar surface area (TPSA) is 142 Å². The number of hydrogen-bond donors (Lipinski definition) is 5. The predicted octanol–water partition coefficient (Wildman–Crippen LogP) is 6.37. The number of aromatic nitrogens is 1. The van der Waals surface area contributed by atoms with Crippen LogP contribution in [0.3, 0.4) is 0 Å². The molecule has 0 aliphatic heterocycles. The number of anilines is 2. The molecular weight excluding hydrogens is 591 g/mol. The van der Waals surface area contributed by atoms with Gasteiger partial charge in [0.1, 0.15) is 22.9 Å². The van der Waals surface area contributed by atoms with Gasteiger partial charge in [-0.25, -0.2) is 4.79 Å². The largest absolute Gasteiger partial charge is 0.508 e. The molecule has 0 bridgehead atoms. The number of hydrazine groups is 1. The molecule has 0 spiro atoms. The minimum atomic E-state index is -4.68. The van der Waals surface area contributed by atoms with Crippen molar-refractivity contribution < 1.29 is 37.4 Å². The van der Waals surface area contributed by atoms with Crippen molar-refractivity contribution in [3.8, 4) is 17.2 Å². The highest BCUT2D eigenvalue weighted by atomic mass is 35.5. The highest BCUT2D eigenvalue weighted by molar-refractivity contribution is 6.31.